The first kappa shape index (κ1) is 15.5. The molecule has 1 saturated heterocycles. The monoisotopic (exact) mass is 411 g/mol. The number of alkyl halides is 1. The number of halogens is 1. The van der Waals surface area contributed by atoms with Crippen LogP contribution in [0.1, 0.15) is 6.42 Å². The molecule has 22 heavy (non-hydrogen) atoms. The molecule has 5 nitrogen and oxygen atoms in total. The molecule has 1 aliphatic rings. The van der Waals surface area contributed by atoms with Crippen molar-refractivity contribution in [2.45, 2.75) is 10.0 Å². The smallest absolute Gasteiger partial charge is 0.233 e. The minimum absolute atomic E-state index is 0.236. The lowest BCUT2D eigenvalue weighted by Gasteiger charge is -2.23. The van der Waals surface area contributed by atoms with E-state index in [-0.39, 0.29) is 3.61 Å². The molecule has 2 aromatic rings. The molecule has 3 rings (SSSR count). The van der Waals surface area contributed by atoms with Crippen LogP contribution in [0.25, 0.3) is 0 Å². The zero-order valence-corrected chi connectivity index (χ0v) is 14.3. The fourth-order valence-electron chi connectivity index (χ4n) is 2.43. The van der Waals surface area contributed by atoms with E-state index in [1.165, 1.54) is 0 Å². The molecule has 0 bridgehead atoms. The maximum atomic E-state index is 5.99. The third-order valence-electron chi connectivity index (χ3n) is 3.51. The molecule has 1 aliphatic heterocycles. The first-order chi connectivity index (χ1) is 10.7. The van der Waals surface area contributed by atoms with Crippen LogP contribution >= 0.6 is 22.6 Å². The number of hydrogen-bond acceptors (Lipinski definition) is 5. The van der Waals surface area contributed by atoms with Gasteiger partial charge in [-0.15, -0.1) is 0 Å². The van der Waals surface area contributed by atoms with Crippen molar-refractivity contribution in [1.29, 1.82) is 0 Å². The van der Waals surface area contributed by atoms with E-state index in [4.69, 9.17) is 9.47 Å². The minimum atomic E-state index is -0.236. The van der Waals surface area contributed by atoms with Crippen molar-refractivity contribution >= 4 is 22.6 Å². The average molecular weight is 411 g/mol. The molecule has 0 saturated carbocycles. The Morgan fingerprint density at radius 1 is 1.23 bits per heavy atom. The second-order valence-corrected chi connectivity index (χ2v) is 7.18. The van der Waals surface area contributed by atoms with E-state index in [2.05, 4.69) is 37.5 Å². The van der Waals surface area contributed by atoms with Gasteiger partial charge in [0.1, 0.15) is 12.4 Å². The second kappa shape index (κ2) is 7.23. The van der Waals surface area contributed by atoms with Gasteiger partial charge in [-0.25, -0.2) is 4.98 Å². The molecule has 1 aromatic heterocycles. The van der Waals surface area contributed by atoms with Crippen molar-refractivity contribution in [2.75, 3.05) is 26.2 Å². The molecule has 116 valence electrons. The summed E-state index contributed by atoms with van der Waals surface area (Å²) in [5.74, 6) is 1.50. The number of likely N-dealkylation sites (tertiary alicyclic amines) is 1. The third-order valence-corrected chi connectivity index (χ3v) is 4.61. The molecule has 6 heteroatoms. The van der Waals surface area contributed by atoms with Crippen molar-refractivity contribution in [2.24, 2.45) is 0 Å². The predicted molar refractivity (Wildman–Crippen MR) is 92.4 cm³/mol. The number of nitrogens with zero attached hydrogens (tertiary/aromatic N) is 3. The Balaban J connectivity index is 1.45. The number of hydrogen-bond donors (Lipinski definition) is 0. The van der Waals surface area contributed by atoms with Gasteiger partial charge in [-0.1, -0.05) is 18.2 Å². The molecule has 1 fully saturated rings. The third kappa shape index (κ3) is 4.30. The van der Waals surface area contributed by atoms with E-state index in [1.54, 1.807) is 18.6 Å². The highest BCUT2D eigenvalue weighted by Crippen LogP contribution is 2.32. The molecule has 2 heterocycles. The molecule has 1 aromatic carbocycles. The summed E-state index contributed by atoms with van der Waals surface area (Å²) in [6.07, 6.45) is 5.92. The summed E-state index contributed by atoms with van der Waals surface area (Å²) in [7, 11) is 0. The topological polar surface area (TPSA) is 47.5 Å². The lowest BCUT2D eigenvalue weighted by molar-refractivity contribution is 0.168. The number of rotatable bonds is 6. The summed E-state index contributed by atoms with van der Waals surface area (Å²) < 4.78 is 11.5. The summed E-state index contributed by atoms with van der Waals surface area (Å²) >= 11 is 2.37. The molecule has 0 N–H and O–H groups in total. The summed E-state index contributed by atoms with van der Waals surface area (Å²) in [4.78, 5) is 10.6. The normalized spacial score (nSPS) is 21.7. The van der Waals surface area contributed by atoms with Gasteiger partial charge in [0.15, 0.2) is 3.61 Å². The maximum Gasteiger partial charge on any atom is 0.233 e. The molecular weight excluding hydrogens is 393 g/mol. The van der Waals surface area contributed by atoms with Crippen LogP contribution in [0.2, 0.25) is 0 Å². The van der Waals surface area contributed by atoms with Crippen LogP contribution in [0.3, 0.4) is 0 Å². The second-order valence-electron chi connectivity index (χ2n) is 5.22. The first-order valence-corrected chi connectivity index (χ1v) is 8.36. The number of ether oxygens (including phenoxy) is 2. The lowest BCUT2D eigenvalue weighted by atomic mass is 10.3. The Morgan fingerprint density at radius 2 is 2.09 bits per heavy atom. The average Bonchev–Trinajstić information content (AvgIpc) is 2.90. The highest BCUT2D eigenvalue weighted by molar-refractivity contribution is 14.1. The highest BCUT2D eigenvalue weighted by atomic mass is 127. The summed E-state index contributed by atoms with van der Waals surface area (Å²) in [5.41, 5.74) is 0. The number of aromatic nitrogens is 2. The number of para-hydroxylation sites is 1. The van der Waals surface area contributed by atoms with Gasteiger partial charge in [-0.05, 0) is 34.7 Å². The molecular formula is C16H18IN3O2. The molecule has 0 amide bonds. The van der Waals surface area contributed by atoms with Gasteiger partial charge in [0, 0.05) is 38.4 Å². The van der Waals surface area contributed by atoms with Gasteiger partial charge >= 0.3 is 0 Å². The maximum absolute atomic E-state index is 5.99. The van der Waals surface area contributed by atoms with Crippen LogP contribution in [0.5, 0.6) is 11.6 Å². The van der Waals surface area contributed by atoms with Crippen molar-refractivity contribution in [3.8, 4) is 11.6 Å². The SMILES string of the molecule is IC1(Oc2cnccn2)CCN(CCOc2ccccc2)C1. The highest BCUT2D eigenvalue weighted by Gasteiger charge is 2.38. The van der Waals surface area contributed by atoms with E-state index in [1.807, 2.05) is 30.3 Å². The minimum Gasteiger partial charge on any atom is -0.492 e. The summed E-state index contributed by atoms with van der Waals surface area (Å²) in [5, 5.41) is 0. The van der Waals surface area contributed by atoms with Gasteiger partial charge in [-0.3, -0.25) is 9.88 Å². The number of benzene rings is 1. The van der Waals surface area contributed by atoms with E-state index in [0.29, 0.717) is 12.5 Å². The Morgan fingerprint density at radius 3 is 2.86 bits per heavy atom. The van der Waals surface area contributed by atoms with Crippen molar-refractivity contribution in [3.63, 3.8) is 0 Å². The van der Waals surface area contributed by atoms with Gasteiger partial charge < -0.3 is 9.47 Å². The quantitative estimate of drug-likeness (QED) is 0.541. The Kier molecular flexibility index (Phi) is 5.09. The van der Waals surface area contributed by atoms with Crippen LogP contribution in [0, 0.1) is 0 Å². The fourth-order valence-corrected chi connectivity index (χ4v) is 3.38. The zero-order chi connectivity index (χ0) is 15.3. The molecule has 0 spiro atoms. The van der Waals surface area contributed by atoms with Gasteiger partial charge in [0.25, 0.3) is 0 Å². The van der Waals surface area contributed by atoms with Gasteiger partial charge in [-0.2, -0.15) is 0 Å². The lowest BCUT2D eigenvalue weighted by Crippen LogP contribution is -2.34. The largest absolute Gasteiger partial charge is 0.492 e. The van der Waals surface area contributed by atoms with Crippen molar-refractivity contribution in [3.05, 3.63) is 48.9 Å². The Labute approximate surface area is 143 Å². The fraction of sp³-hybridized carbons (Fsp3) is 0.375. The molecule has 1 unspecified atom stereocenters. The van der Waals surface area contributed by atoms with E-state index in [9.17, 15) is 0 Å². The van der Waals surface area contributed by atoms with E-state index in [0.717, 1.165) is 31.8 Å². The van der Waals surface area contributed by atoms with Crippen LogP contribution < -0.4 is 9.47 Å². The first-order valence-electron chi connectivity index (χ1n) is 7.28. The Hall–Kier alpha value is -1.41. The molecule has 0 radical (unpaired) electrons. The summed E-state index contributed by atoms with van der Waals surface area (Å²) in [6, 6.07) is 9.90. The van der Waals surface area contributed by atoms with Crippen LogP contribution in [-0.2, 0) is 0 Å². The predicted octanol–water partition coefficient (Wildman–Crippen LogP) is 2.77. The van der Waals surface area contributed by atoms with Crippen molar-refractivity contribution in [1.82, 2.24) is 14.9 Å². The van der Waals surface area contributed by atoms with Crippen LogP contribution in [0.15, 0.2) is 48.9 Å². The zero-order valence-electron chi connectivity index (χ0n) is 12.2. The van der Waals surface area contributed by atoms with Gasteiger partial charge in [0.2, 0.25) is 5.88 Å². The molecule has 0 aliphatic carbocycles. The summed E-state index contributed by atoms with van der Waals surface area (Å²) in [6.45, 7) is 3.44. The van der Waals surface area contributed by atoms with Crippen LogP contribution in [-0.4, -0.2) is 44.7 Å². The van der Waals surface area contributed by atoms with E-state index >= 15 is 0 Å². The van der Waals surface area contributed by atoms with Gasteiger partial charge in [0.05, 0.1) is 6.20 Å². The van der Waals surface area contributed by atoms with Crippen LogP contribution in [0.4, 0.5) is 0 Å². The Bertz CT molecular complexity index is 584. The molecule has 1 atom stereocenters. The van der Waals surface area contributed by atoms with Crippen molar-refractivity contribution < 1.29 is 9.47 Å². The van der Waals surface area contributed by atoms with E-state index < -0.39 is 0 Å². The standard InChI is InChI=1S/C16H18IN3O2/c17-16(22-15-12-18-7-8-19-15)6-9-20(13-16)10-11-21-14-4-2-1-3-5-14/h1-5,7-8,12H,6,9-11,13H2.